The molecule has 0 unspecified atom stereocenters. The molecule has 2 aliphatic rings. The minimum Gasteiger partial charge on any atom is -0.383 e. The van der Waals surface area contributed by atoms with E-state index in [0.29, 0.717) is 17.2 Å². The van der Waals surface area contributed by atoms with Gasteiger partial charge in [0.25, 0.3) is 5.69 Å². The first-order valence-electron chi connectivity index (χ1n) is 9.70. The summed E-state index contributed by atoms with van der Waals surface area (Å²) in [5, 5.41) is 16.2. The molecule has 0 bridgehead atoms. The minimum atomic E-state index is -0.862. The number of hydrogen-bond donors (Lipinski definition) is 3. The van der Waals surface area contributed by atoms with Gasteiger partial charge in [-0.05, 0) is 31.4 Å². The first kappa shape index (κ1) is 19.6. The zero-order chi connectivity index (χ0) is 21.3. The fourth-order valence-corrected chi connectivity index (χ4v) is 3.74. The predicted octanol–water partition coefficient (Wildman–Crippen LogP) is 2.02. The van der Waals surface area contributed by atoms with Crippen LogP contribution in [0, 0.1) is 10.1 Å². The Balaban J connectivity index is 1.59. The third-order valence-electron chi connectivity index (χ3n) is 5.26. The van der Waals surface area contributed by atoms with Gasteiger partial charge in [-0.2, -0.15) is 9.97 Å². The largest absolute Gasteiger partial charge is 0.383 e. The maximum Gasteiger partial charge on any atom is 0.269 e. The standard InChI is InChI=1S/C19H21N7O4/c20-16-15-13(18(28)21-11-4-6-12(7-5-11)26(29)30)10-14(27)22-17(15)24-19(23-16)25-8-2-1-3-9-25/h4-7,13H,1-3,8-10H2,(H,21,28)(H3,20,22,23,24,27)/t13-/m0/s1. The summed E-state index contributed by atoms with van der Waals surface area (Å²) in [5.74, 6) is -0.801. The van der Waals surface area contributed by atoms with Crippen LogP contribution in [0.4, 0.5) is 29.0 Å². The van der Waals surface area contributed by atoms with Crippen LogP contribution in [0.5, 0.6) is 0 Å². The molecule has 1 fully saturated rings. The molecule has 11 heteroatoms. The van der Waals surface area contributed by atoms with Gasteiger partial charge in [-0.1, -0.05) is 0 Å². The van der Waals surface area contributed by atoms with Crippen LogP contribution in [0.25, 0.3) is 0 Å². The molecule has 2 amide bonds. The number of piperidine rings is 1. The topological polar surface area (TPSA) is 156 Å². The van der Waals surface area contributed by atoms with Crippen LogP contribution in [0.1, 0.15) is 37.2 Å². The van der Waals surface area contributed by atoms with Crippen LogP contribution in [-0.2, 0) is 9.59 Å². The Labute approximate surface area is 171 Å². The van der Waals surface area contributed by atoms with Crippen molar-refractivity contribution in [1.29, 1.82) is 0 Å². The van der Waals surface area contributed by atoms with E-state index in [2.05, 4.69) is 20.6 Å². The minimum absolute atomic E-state index is 0.0849. The molecule has 1 aromatic heterocycles. The SMILES string of the molecule is Nc1nc(N2CCCCC2)nc2c1[C@@H](C(=O)Nc1ccc([N+](=O)[O-])cc1)CC(=O)N2. The second kappa shape index (κ2) is 7.93. The fourth-order valence-electron chi connectivity index (χ4n) is 3.74. The van der Waals surface area contributed by atoms with Gasteiger partial charge in [0, 0.05) is 37.3 Å². The Morgan fingerprint density at radius 2 is 1.90 bits per heavy atom. The van der Waals surface area contributed by atoms with Gasteiger partial charge in [0.2, 0.25) is 17.8 Å². The summed E-state index contributed by atoms with van der Waals surface area (Å²) in [6, 6.07) is 5.44. The number of nitrogens with one attached hydrogen (secondary N) is 2. The zero-order valence-electron chi connectivity index (χ0n) is 16.1. The van der Waals surface area contributed by atoms with Crippen molar-refractivity contribution in [3.05, 3.63) is 39.9 Å². The predicted molar refractivity (Wildman–Crippen MR) is 110 cm³/mol. The number of non-ortho nitro benzene ring substituents is 1. The maximum atomic E-state index is 12.9. The number of benzene rings is 1. The summed E-state index contributed by atoms with van der Waals surface area (Å²) < 4.78 is 0. The Kier molecular flexibility index (Phi) is 5.17. The van der Waals surface area contributed by atoms with Gasteiger partial charge in [-0.15, -0.1) is 0 Å². The third kappa shape index (κ3) is 3.86. The lowest BCUT2D eigenvalue weighted by atomic mass is 9.92. The van der Waals surface area contributed by atoms with Crippen molar-refractivity contribution >= 4 is 40.8 Å². The number of nitrogens with zero attached hydrogens (tertiary/aromatic N) is 4. The van der Waals surface area contributed by atoms with E-state index in [1.165, 1.54) is 24.3 Å². The van der Waals surface area contributed by atoms with E-state index < -0.39 is 16.7 Å². The number of aromatic nitrogens is 2. The molecule has 3 heterocycles. The second-order valence-electron chi connectivity index (χ2n) is 7.32. The zero-order valence-corrected chi connectivity index (χ0v) is 16.1. The van der Waals surface area contributed by atoms with Crippen molar-refractivity contribution in [2.75, 3.05) is 34.4 Å². The van der Waals surface area contributed by atoms with Gasteiger partial charge in [0.15, 0.2) is 0 Å². The lowest BCUT2D eigenvalue weighted by Crippen LogP contribution is -2.35. The molecular weight excluding hydrogens is 390 g/mol. The number of nitrogens with two attached hydrogens (primary N) is 1. The van der Waals surface area contributed by atoms with Crippen molar-refractivity contribution in [1.82, 2.24) is 9.97 Å². The van der Waals surface area contributed by atoms with Gasteiger partial charge >= 0.3 is 0 Å². The van der Waals surface area contributed by atoms with Crippen LogP contribution in [0.15, 0.2) is 24.3 Å². The van der Waals surface area contributed by atoms with Crippen molar-refractivity contribution in [3.8, 4) is 0 Å². The highest BCUT2D eigenvalue weighted by Gasteiger charge is 2.35. The van der Waals surface area contributed by atoms with Crippen molar-refractivity contribution in [3.63, 3.8) is 0 Å². The normalized spacial score (nSPS) is 18.3. The second-order valence-corrected chi connectivity index (χ2v) is 7.32. The highest BCUT2D eigenvalue weighted by Crippen LogP contribution is 2.37. The summed E-state index contributed by atoms with van der Waals surface area (Å²) in [7, 11) is 0. The quantitative estimate of drug-likeness (QED) is 0.509. The lowest BCUT2D eigenvalue weighted by Gasteiger charge is -2.30. The van der Waals surface area contributed by atoms with Gasteiger partial charge in [-0.25, -0.2) is 0 Å². The summed E-state index contributed by atoms with van der Waals surface area (Å²) in [6.45, 7) is 1.63. The number of fused-ring (bicyclic) bond motifs is 1. The monoisotopic (exact) mass is 411 g/mol. The van der Waals surface area contributed by atoms with Gasteiger partial charge in [0.05, 0.1) is 16.4 Å². The molecule has 0 spiro atoms. The lowest BCUT2D eigenvalue weighted by molar-refractivity contribution is -0.384. The van der Waals surface area contributed by atoms with E-state index >= 15 is 0 Å². The average Bonchev–Trinajstić information content (AvgIpc) is 2.73. The molecule has 1 saturated heterocycles. The van der Waals surface area contributed by atoms with Gasteiger partial charge in [0.1, 0.15) is 11.6 Å². The number of rotatable bonds is 4. The van der Waals surface area contributed by atoms with E-state index in [1.54, 1.807) is 0 Å². The molecule has 2 aromatic rings. The van der Waals surface area contributed by atoms with Crippen molar-refractivity contribution < 1.29 is 14.5 Å². The van der Waals surface area contributed by atoms with E-state index in [-0.39, 0.29) is 29.7 Å². The molecular formula is C19H21N7O4. The summed E-state index contributed by atoms with van der Waals surface area (Å²) in [4.78, 5) is 46.3. The number of nitro groups is 1. The van der Waals surface area contributed by atoms with Crippen LogP contribution in [-0.4, -0.2) is 39.8 Å². The molecule has 1 atom stereocenters. The number of carbonyl (C=O) groups is 2. The first-order valence-corrected chi connectivity index (χ1v) is 9.70. The van der Waals surface area contributed by atoms with Gasteiger partial charge < -0.3 is 21.3 Å². The molecule has 0 aliphatic carbocycles. The molecule has 4 rings (SSSR count). The van der Waals surface area contributed by atoms with E-state index in [0.717, 1.165) is 32.4 Å². The average molecular weight is 411 g/mol. The Morgan fingerprint density at radius 3 is 2.57 bits per heavy atom. The smallest absolute Gasteiger partial charge is 0.269 e. The van der Waals surface area contributed by atoms with Gasteiger partial charge in [-0.3, -0.25) is 19.7 Å². The number of hydrogen-bond acceptors (Lipinski definition) is 8. The van der Waals surface area contributed by atoms with Crippen molar-refractivity contribution in [2.45, 2.75) is 31.6 Å². The van der Waals surface area contributed by atoms with Crippen molar-refractivity contribution in [2.24, 2.45) is 0 Å². The number of carbonyl (C=O) groups excluding carboxylic acids is 2. The number of amides is 2. The number of nitrogen functional groups attached to an aromatic ring is 1. The molecule has 0 radical (unpaired) electrons. The maximum absolute atomic E-state index is 12.9. The molecule has 4 N–H and O–H groups in total. The highest BCUT2D eigenvalue weighted by atomic mass is 16.6. The molecule has 0 saturated carbocycles. The summed E-state index contributed by atoms with van der Waals surface area (Å²) >= 11 is 0. The van der Waals surface area contributed by atoms with E-state index in [9.17, 15) is 19.7 Å². The molecule has 11 nitrogen and oxygen atoms in total. The van der Waals surface area contributed by atoms with Crippen LogP contribution in [0.2, 0.25) is 0 Å². The Bertz CT molecular complexity index is 1000. The summed E-state index contributed by atoms with van der Waals surface area (Å²) in [6.07, 6.45) is 3.13. The van der Waals surface area contributed by atoms with E-state index in [1.807, 2.05) is 4.90 Å². The Hall–Kier alpha value is -3.76. The van der Waals surface area contributed by atoms with Crippen LogP contribution < -0.4 is 21.3 Å². The molecule has 156 valence electrons. The van der Waals surface area contributed by atoms with E-state index in [4.69, 9.17) is 5.73 Å². The first-order chi connectivity index (χ1) is 14.4. The summed E-state index contributed by atoms with van der Waals surface area (Å²) in [5.41, 5.74) is 6.86. The van der Waals surface area contributed by atoms with Crippen LogP contribution >= 0.6 is 0 Å². The molecule has 1 aromatic carbocycles. The Morgan fingerprint density at radius 1 is 1.20 bits per heavy atom. The molecule has 2 aliphatic heterocycles. The third-order valence-corrected chi connectivity index (χ3v) is 5.26. The highest BCUT2D eigenvalue weighted by molar-refractivity contribution is 6.05. The molecule has 30 heavy (non-hydrogen) atoms. The number of nitro benzene ring substituents is 1. The number of anilines is 4. The fraction of sp³-hybridized carbons (Fsp3) is 0.368. The van der Waals surface area contributed by atoms with Crippen LogP contribution in [0.3, 0.4) is 0 Å².